The topological polar surface area (TPSA) is 56.7 Å². The Kier molecular flexibility index (Phi) is 7.03. The van der Waals surface area contributed by atoms with E-state index < -0.39 is 0 Å². The molecule has 5 nitrogen and oxygen atoms in total. The summed E-state index contributed by atoms with van der Waals surface area (Å²) in [7, 11) is 0. The Labute approximate surface area is 330 Å². The Balaban J connectivity index is 1.14. The highest BCUT2D eigenvalue weighted by atomic mass is 32.1. The van der Waals surface area contributed by atoms with E-state index in [1.165, 1.54) is 31.3 Å². The van der Waals surface area contributed by atoms with Crippen molar-refractivity contribution in [2.24, 2.45) is 0 Å². The summed E-state index contributed by atoms with van der Waals surface area (Å²) in [4.78, 5) is 16.1. The van der Waals surface area contributed by atoms with Gasteiger partial charge in [0, 0.05) is 48.1 Å². The van der Waals surface area contributed by atoms with Crippen molar-refractivity contribution in [1.82, 2.24) is 19.5 Å². The average Bonchev–Trinajstić information content (AvgIpc) is 3.96. The number of thiophene rings is 1. The SMILES string of the molecule is c1ccc(-c2cccc(-c3cccc(-c4nc(-c5cccc6oc7ccccc7c56)nc(-n5c6ccccc6c6ccc7c8ccccc8sc7c65)n4)c3)c2)cc1. The van der Waals surface area contributed by atoms with Gasteiger partial charge in [-0.25, -0.2) is 4.98 Å². The van der Waals surface area contributed by atoms with Crippen molar-refractivity contribution in [3.8, 4) is 51.0 Å². The van der Waals surface area contributed by atoms with Crippen LogP contribution in [0.4, 0.5) is 0 Å². The molecule has 0 fully saturated rings. The van der Waals surface area contributed by atoms with E-state index in [4.69, 9.17) is 19.4 Å². The predicted octanol–water partition coefficient (Wildman–Crippen LogP) is 13.9. The minimum atomic E-state index is 0.562. The first-order chi connectivity index (χ1) is 28.2. The first-order valence-electron chi connectivity index (χ1n) is 19.0. The van der Waals surface area contributed by atoms with Gasteiger partial charge in [0.05, 0.1) is 15.7 Å². The molecule has 12 rings (SSSR count). The number of hydrogen-bond acceptors (Lipinski definition) is 5. The van der Waals surface area contributed by atoms with Crippen LogP contribution in [0, 0.1) is 0 Å². The van der Waals surface area contributed by atoms with Crippen LogP contribution in [0.3, 0.4) is 0 Å². The molecule has 0 atom stereocenters. The highest BCUT2D eigenvalue weighted by molar-refractivity contribution is 7.26. The molecule has 4 aromatic heterocycles. The molecule has 0 unspecified atom stereocenters. The van der Waals surface area contributed by atoms with Crippen LogP contribution in [0.25, 0.3) is 115 Å². The van der Waals surface area contributed by atoms with Crippen molar-refractivity contribution in [3.05, 3.63) is 182 Å². The smallest absolute Gasteiger partial charge is 0.238 e. The Morgan fingerprint density at radius 2 is 1.04 bits per heavy atom. The predicted molar refractivity (Wildman–Crippen MR) is 236 cm³/mol. The van der Waals surface area contributed by atoms with Gasteiger partial charge in [0.2, 0.25) is 5.95 Å². The van der Waals surface area contributed by atoms with E-state index in [2.05, 4.69) is 150 Å². The number of para-hydroxylation sites is 2. The molecule has 8 aromatic carbocycles. The Morgan fingerprint density at radius 1 is 0.421 bits per heavy atom. The van der Waals surface area contributed by atoms with E-state index in [0.29, 0.717) is 17.6 Å². The number of benzene rings is 8. The standard InChI is InChI=1S/C51H30N4OS/c1-2-13-31(14-3-1)32-15-10-16-33(29-32)34-17-11-18-35(30-34)49-52-50(41-22-12-25-44-46(41)40-21-5-8-24-43(40)56-44)54-51(53-49)55-42-23-7-4-19-36(42)38-27-28-39-37-20-6-9-26-45(37)57-48(39)47(38)55/h1-30H. The zero-order valence-electron chi connectivity index (χ0n) is 30.4. The van der Waals surface area contributed by atoms with Gasteiger partial charge >= 0.3 is 0 Å². The molecule has 12 aromatic rings. The summed E-state index contributed by atoms with van der Waals surface area (Å²) in [5.41, 5.74) is 10.1. The average molecular weight is 747 g/mol. The Hall–Kier alpha value is -7.41. The molecule has 0 aliphatic carbocycles. The molecule has 0 amide bonds. The molecule has 0 radical (unpaired) electrons. The van der Waals surface area contributed by atoms with Gasteiger partial charge < -0.3 is 4.42 Å². The molecule has 4 heterocycles. The molecule has 0 spiro atoms. The van der Waals surface area contributed by atoms with Gasteiger partial charge in [-0.2, -0.15) is 9.97 Å². The van der Waals surface area contributed by atoms with Gasteiger partial charge in [-0.05, 0) is 58.7 Å². The first-order valence-corrected chi connectivity index (χ1v) is 19.8. The molecule has 0 bridgehead atoms. The summed E-state index contributed by atoms with van der Waals surface area (Å²) in [6.45, 7) is 0. The van der Waals surface area contributed by atoms with E-state index in [9.17, 15) is 0 Å². The number of hydrogen-bond donors (Lipinski definition) is 0. The third-order valence-electron chi connectivity index (χ3n) is 11.1. The summed E-state index contributed by atoms with van der Waals surface area (Å²) in [5.74, 6) is 1.74. The number of fused-ring (bicyclic) bond motifs is 10. The molecule has 0 saturated heterocycles. The fourth-order valence-corrected chi connectivity index (χ4v) is 9.70. The monoisotopic (exact) mass is 746 g/mol. The minimum absolute atomic E-state index is 0.562. The van der Waals surface area contributed by atoms with Crippen LogP contribution >= 0.6 is 11.3 Å². The maximum Gasteiger partial charge on any atom is 0.238 e. The fraction of sp³-hybridized carbons (Fsp3) is 0. The van der Waals surface area contributed by atoms with E-state index in [-0.39, 0.29) is 0 Å². The molecule has 0 aliphatic heterocycles. The highest BCUT2D eigenvalue weighted by Crippen LogP contribution is 2.43. The van der Waals surface area contributed by atoms with E-state index in [1.807, 2.05) is 47.7 Å². The van der Waals surface area contributed by atoms with Crippen LogP contribution in [0.2, 0.25) is 0 Å². The lowest BCUT2D eigenvalue weighted by Crippen LogP contribution is -2.06. The fourth-order valence-electron chi connectivity index (χ4n) is 8.46. The quantitative estimate of drug-likeness (QED) is 0.176. The van der Waals surface area contributed by atoms with Crippen LogP contribution in [0.5, 0.6) is 0 Å². The van der Waals surface area contributed by atoms with Gasteiger partial charge in [-0.1, -0.05) is 146 Å². The molecule has 0 aliphatic rings. The normalized spacial score (nSPS) is 11.9. The second-order valence-corrected chi connectivity index (χ2v) is 15.4. The third-order valence-corrected chi connectivity index (χ3v) is 12.3. The van der Waals surface area contributed by atoms with Gasteiger partial charge in [-0.15, -0.1) is 11.3 Å². The zero-order valence-corrected chi connectivity index (χ0v) is 31.2. The highest BCUT2D eigenvalue weighted by Gasteiger charge is 2.22. The molecule has 57 heavy (non-hydrogen) atoms. The van der Waals surface area contributed by atoms with Crippen molar-refractivity contribution < 1.29 is 4.42 Å². The van der Waals surface area contributed by atoms with Crippen molar-refractivity contribution >= 4 is 75.3 Å². The third kappa shape index (κ3) is 5.04. The lowest BCUT2D eigenvalue weighted by molar-refractivity contribution is 0.669. The van der Waals surface area contributed by atoms with E-state index >= 15 is 0 Å². The zero-order chi connectivity index (χ0) is 37.5. The first kappa shape index (κ1) is 31.9. The summed E-state index contributed by atoms with van der Waals surface area (Å²) in [6.07, 6.45) is 0. The van der Waals surface area contributed by atoms with Crippen molar-refractivity contribution in [1.29, 1.82) is 0 Å². The maximum absolute atomic E-state index is 6.36. The van der Waals surface area contributed by atoms with Crippen LogP contribution in [-0.4, -0.2) is 19.5 Å². The summed E-state index contributed by atoms with van der Waals surface area (Å²) >= 11 is 1.82. The number of nitrogens with zero attached hydrogens (tertiary/aromatic N) is 4. The lowest BCUT2D eigenvalue weighted by atomic mass is 9.98. The molecular weight excluding hydrogens is 717 g/mol. The van der Waals surface area contributed by atoms with Gasteiger partial charge in [-0.3, -0.25) is 4.57 Å². The molecule has 0 saturated carbocycles. The number of furan rings is 1. The number of aromatic nitrogens is 4. The summed E-state index contributed by atoms with van der Waals surface area (Å²) in [5, 5.41) is 6.80. The molecular formula is C51H30N4OS. The van der Waals surface area contributed by atoms with Crippen LogP contribution in [-0.2, 0) is 0 Å². The largest absolute Gasteiger partial charge is 0.456 e. The molecule has 266 valence electrons. The summed E-state index contributed by atoms with van der Waals surface area (Å²) < 4.78 is 11.1. The molecule has 0 N–H and O–H groups in total. The van der Waals surface area contributed by atoms with E-state index in [1.54, 1.807) is 0 Å². The van der Waals surface area contributed by atoms with Crippen molar-refractivity contribution in [3.63, 3.8) is 0 Å². The Bertz CT molecular complexity index is 3540. The molecule has 6 heteroatoms. The van der Waals surface area contributed by atoms with Crippen molar-refractivity contribution in [2.75, 3.05) is 0 Å². The van der Waals surface area contributed by atoms with Crippen LogP contribution < -0.4 is 0 Å². The second kappa shape index (κ2) is 12.6. The van der Waals surface area contributed by atoms with Crippen LogP contribution in [0.1, 0.15) is 0 Å². The van der Waals surface area contributed by atoms with E-state index in [0.717, 1.165) is 66.0 Å². The number of rotatable bonds is 5. The van der Waals surface area contributed by atoms with Gasteiger partial charge in [0.15, 0.2) is 11.6 Å². The van der Waals surface area contributed by atoms with Gasteiger partial charge in [0.25, 0.3) is 0 Å². The lowest BCUT2D eigenvalue weighted by Gasteiger charge is -2.12. The van der Waals surface area contributed by atoms with Gasteiger partial charge in [0.1, 0.15) is 11.2 Å². The van der Waals surface area contributed by atoms with Crippen molar-refractivity contribution in [2.45, 2.75) is 0 Å². The maximum atomic E-state index is 6.36. The second-order valence-electron chi connectivity index (χ2n) is 14.4. The summed E-state index contributed by atoms with van der Waals surface area (Å²) in [6, 6.07) is 63.7. The Morgan fingerprint density at radius 3 is 1.89 bits per heavy atom. The minimum Gasteiger partial charge on any atom is -0.456 e. The van der Waals surface area contributed by atoms with Crippen LogP contribution in [0.15, 0.2) is 186 Å².